The maximum atomic E-state index is 12.4. The summed E-state index contributed by atoms with van der Waals surface area (Å²) >= 11 is 0. The largest absolute Gasteiger partial charge is 0.507 e. The molecule has 0 unspecified atom stereocenters. The van der Waals surface area contributed by atoms with Crippen LogP contribution in [0.5, 0.6) is 5.75 Å². The van der Waals surface area contributed by atoms with E-state index in [-0.39, 0.29) is 16.5 Å². The van der Waals surface area contributed by atoms with Crippen molar-refractivity contribution in [3.05, 3.63) is 69.9 Å². The average Bonchev–Trinajstić information content (AvgIpc) is 2.95. The van der Waals surface area contributed by atoms with Crippen molar-refractivity contribution in [3.63, 3.8) is 0 Å². The van der Waals surface area contributed by atoms with Crippen LogP contribution in [-0.4, -0.2) is 17.0 Å². The first-order chi connectivity index (χ1) is 13.4. The summed E-state index contributed by atoms with van der Waals surface area (Å²) < 4.78 is 5.40. The zero-order chi connectivity index (χ0) is 21.6. The van der Waals surface area contributed by atoms with E-state index in [9.17, 15) is 9.90 Å². The molecule has 0 saturated carbocycles. The van der Waals surface area contributed by atoms with Crippen molar-refractivity contribution in [2.75, 3.05) is 0 Å². The van der Waals surface area contributed by atoms with Gasteiger partial charge in [-0.2, -0.15) is 0 Å². The molecule has 0 saturated heterocycles. The maximum Gasteiger partial charge on any atom is 0.363 e. The van der Waals surface area contributed by atoms with Crippen LogP contribution in [0.25, 0.3) is 6.08 Å². The van der Waals surface area contributed by atoms with E-state index in [2.05, 4.69) is 46.5 Å². The lowest BCUT2D eigenvalue weighted by molar-refractivity contribution is -0.129. The van der Waals surface area contributed by atoms with E-state index in [0.717, 1.165) is 27.8 Å². The molecule has 1 N–H and O–H groups in total. The molecule has 0 aromatic heterocycles. The molecule has 1 heterocycles. The molecule has 4 heteroatoms. The second kappa shape index (κ2) is 7.18. The zero-order valence-electron chi connectivity index (χ0n) is 18.3. The molecule has 0 fully saturated rings. The smallest absolute Gasteiger partial charge is 0.363 e. The lowest BCUT2D eigenvalue weighted by atomic mass is 9.78. The molecule has 0 amide bonds. The average molecular weight is 392 g/mol. The third-order valence-corrected chi connectivity index (χ3v) is 4.94. The van der Waals surface area contributed by atoms with Crippen LogP contribution in [0.4, 0.5) is 0 Å². The van der Waals surface area contributed by atoms with Crippen molar-refractivity contribution >= 4 is 17.9 Å². The molecule has 152 valence electrons. The molecule has 2 aromatic rings. The Morgan fingerprint density at radius 3 is 2.07 bits per heavy atom. The highest BCUT2D eigenvalue weighted by atomic mass is 16.6. The Hall–Kier alpha value is -2.88. The Bertz CT molecular complexity index is 996. The standard InChI is InChI=1S/C25H29NO3/c1-15-9-8-10-17(11-15)22-26-20(23(28)29-22)14-16-12-18(24(2,3)4)21(27)19(13-16)25(5,6)7/h8-14,27H,1-7H3/b20-14+. The molecule has 0 spiro atoms. The number of aliphatic imine (C=N–C) groups is 1. The number of phenols is 1. The van der Waals surface area contributed by atoms with Crippen LogP contribution in [0.1, 0.15) is 69.4 Å². The summed E-state index contributed by atoms with van der Waals surface area (Å²) in [4.78, 5) is 16.8. The van der Waals surface area contributed by atoms with E-state index < -0.39 is 5.97 Å². The second-order valence-corrected chi connectivity index (χ2v) is 9.67. The first kappa shape index (κ1) is 20.8. The molecule has 3 rings (SSSR count). The number of phenolic OH excluding ortho intramolecular Hbond substituents is 1. The van der Waals surface area contributed by atoms with Gasteiger partial charge in [-0.3, -0.25) is 0 Å². The highest BCUT2D eigenvalue weighted by Crippen LogP contribution is 2.40. The zero-order valence-corrected chi connectivity index (χ0v) is 18.3. The molecule has 1 aliphatic heterocycles. The highest BCUT2D eigenvalue weighted by Gasteiger charge is 2.28. The third-order valence-electron chi connectivity index (χ3n) is 4.94. The van der Waals surface area contributed by atoms with Gasteiger partial charge in [-0.25, -0.2) is 9.79 Å². The number of rotatable bonds is 2. The van der Waals surface area contributed by atoms with Gasteiger partial charge in [0.25, 0.3) is 0 Å². The number of aromatic hydroxyl groups is 1. The minimum atomic E-state index is -0.468. The molecule has 2 aromatic carbocycles. The maximum absolute atomic E-state index is 12.4. The van der Waals surface area contributed by atoms with Gasteiger partial charge < -0.3 is 9.84 Å². The number of carbonyl (C=O) groups excluding carboxylic acids is 1. The van der Waals surface area contributed by atoms with Crippen LogP contribution >= 0.6 is 0 Å². The summed E-state index contributed by atoms with van der Waals surface area (Å²) in [6.45, 7) is 14.3. The summed E-state index contributed by atoms with van der Waals surface area (Å²) in [5, 5.41) is 10.9. The molecule has 4 nitrogen and oxygen atoms in total. The van der Waals surface area contributed by atoms with E-state index in [1.54, 1.807) is 6.08 Å². The van der Waals surface area contributed by atoms with Crippen LogP contribution < -0.4 is 0 Å². The Balaban J connectivity index is 2.11. The van der Waals surface area contributed by atoms with Gasteiger partial charge in [-0.1, -0.05) is 59.2 Å². The van der Waals surface area contributed by atoms with Gasteiger partial charge in [-0.15, -0.1) is 0 Å². The fourth-order valence-electron chi connectivity index (χ4n) is 3.35. The number of benzene rings is 2. The van der Waals surface area contributed by atoms with Crippen molar-refractivity contribution in [1.29, 1.82) is 0 Å². The number of cyclic esters (lactones) is 1. The molecular weight excluding hydrogens is 362 g/mol. The highest BCUT2D eigenvalue weighted by molar-refractivity contribution is 6.12. The van der Waals surface area contributed by atoms with E-state index in [0.29, 0.717) is 11.6 Å². The Kier molecular flexibility index (Phi) is 5.16. The summed E-state index contributed by atoms with van der Waals surface area (Å²) in [6, 6.07) is 11.5. The predicted molar refractivity (Wildman–Crippen MR) is 117 cm³/mol. The molecule has 0 aliphatic carbocycles. The minimum absolute atomic E-state index is 0.245. The van der Waals surface area contributed by atoms with Gasteiger partial charge in [0.05, 0.1) is 0 Å². The van der Waals surface area contributed by atoms with Crippen LogP contribution in [0.15, 0.2) is 47.1 Å². The number of hydrogen-bond donors (Lipinski definition) is 1. The van der Waals surface area contributed by atoms with E-state index in [1.807, 2.05) is 43.3 Å². The summed E-state index contributed by atoms with van der Waals surface area (Å²) in [5.41, 5.74) is 4.11. The minimum Gasteiger partial charge on any atom is -0.507 e. The molecule has 1 aliphatic rings. The topological polar surface area (TPSA) is 58.9 Å². The van der Waals surface area contributed by atoms with Crippen LogP contribution in [-0.2, 0) is 20.4 Å². The van der Waals surface area contributed by atoms with Gasteiger partial charge in [0.15, 0.2) is 5.70 Å². The first-order valence-corrected chi connectivity index (χ1v) is 9.84. The number of hydrogen-bond acceptors (Lipinski definition) is 4. The number of esters is 1. The van der Waals surface area contributed by atoms with Gasteiger partial charge in [0.2, 0.25) is 5.90 Å². The van der Waals surface area contributed by atoms with Crippen LogP contribution in [0, 0.1) is 6.92 Å². The normalized spacial score (nSPS) is 16.2. The van der Waals surface area contributed by atoms with Crippen molar-refractivity contribution in [2.45, 2.75) is 59.3 Å². The lowest BCUT2D eigenvalue weighted by Crippen LogP contribution is -2.17. The van der Waals surface area contributed by atoms with E-state index in [1.165, 1.54) is 0 Å². The van der Waals surface area contributed by atoms with Crippen molar-refractivity contribution in [1.82, 2.24) is 0 Å². The quantitative estimate of drug-likeness (QED) is 0.532. The number of aryl methyl sites for hydroxylation is 1. The fourth-order valence-corrected chi connectivity index (χ4v) is 3.35. The van der Waals surface area contributed by atoms with Crippen LogP contribution in [0.2, 0.25) is 0 Å². The number of ether oxygens (including phenoxy) is 1. The molecule has 0 bridgehead atoms. The monoisotopic (exact) mass is 391 g/mol. The van der Waals surface area contributed by atoms with Gasteiger partial charge in [0, 0.05) is 16.7 Å². The lowest BCUT2D eigenvalue weighted by Gasteiger charge is -2.27. The predicted octanol–water partition coefficient (Wildman–Crippen LogP) is 5.64. The second-order valence-electron chi connectivity index (χ2n) is 9.67. The Morgan fingerprint density at radius 2 is 1.55 bits per heavy atom. The van der Waals surface area contributed by atoms with E-state index in [4.69, 9.17) is 4.74 Å². The Morgan fingerprint density at radius 1 is 0.966 bits per heavy atom. The van der Waals surface area contributed by atoms with Crippen molar-refractivity contribution < 1.29 is 14.6 Å². The third kappa shape index (κ3) is 4.42. The van der Waals surface area contributed by atoms with Gasteiger partial charge >= 0.3 is 5.97 Å². The Labute approximate surface area is 173 Å². The SMILES string of the molecule is Cc1cccc(C2=N/C(=C/c3cc(C(C)(C)C)c(O)c(C(C)(C)C)c3)C(=O)O2)c1. The summed E-state index contributed by atoms with van der Waals surface area (Å²) in [5.74, 6) is 0.158. The van der Waals surface area contributed by atoms with Crippen LogP contribution in [0.3, 0.4) is 0 Å². The first-order valence-electron chi connectivity index (χ1n) is 9.84. The van der Waals surface area contributed by atoms with Crippen molar-refractivity contribution in [3.8, 4) is 5.75 Å². The summed E-state index contributed by atoms with van der Waals surface area (Å²) in [6.07, 6.45) is 1.73. The van der Waals surface area contributed by atoms with E-state index >= 15 is 0 Å². The number of carbonyl (C=O) groups is 1. The van der Waals surface area contributed by atoms with Gasteiger partial charge in [-0.05, 0) is 53.7 Å². The molecule has 29 heavy (non-hydrogen) atoms. The molecular formula is C25H29NO3. The number of nitrogens with zero attached hydrogens (tertiary/aromatic N) is 1. The molecule has 0 atom stereocenters. The fraction of sp³-hybridized carbons (Fsp3) is 0.360. The summed E-state index contributed by atoms with van der Waals surface area (Å²) in [7, 11) is 0. The molecule has 0 radical (unpaired) electrons. The van der Waals surface area contributed by atoms with Crippen molar-refractivity contribution in [2.24, 2.45) is 4.99 Å². The van der Waals surface area contributed by atoms with Gasteiger partial charge in [0.1, 0.15) is 5.75 Å².